The molecule has 3 fully saturated rings. The van der Waals surface area contributed by atoms with Crippen LogP contribution < -0.4 is 10.2 Å². The third-order valence-corrected chi connectivity index (χ3v) is 5.18. The maximum atomic E-state index is 14.3. The summed E-state index contributed by atoms with van der Waals surface area (Å²) in [7, 11) is 0. The lowest BCUT2D eigenvalue weighted by Gasteiger charge is -2.19. The van der Waals surface area contributed by atoms with Crippen LogP contribution in [0.5, 0.6) is 0 Å². The summed E-state index contributed by atoms with van der Waals surface area (Å²) in [6.07, 6.45) is 4.53. The van der Waals surface area contributed by atoms with Gasteiger partial charge < -0.3 is 15.1 Å². The number of hydrogen-bond donors (Lipinski definition) is 1. The normalized spacial score (nSPS) is 23.9. The number of anilines is 2. The van der Waals surface area contributed by atoms with Gasteiger partial charge in [0.15, 0.2) is 0 Å². The third kappa shape index (κ3) is 2.97. The van der Waals surface area contributed by atoms with Crippen molar-refractivity contribution in [1.82, 2.24) is 4.90 Å². The van der Waals surface area contributed by atoms with Gasteiger partial charge in [-0.2, -0.15) is 0 Å². The minimum absolute atomic E-state index is 0.0632. The van der Waals surface area contributed by atoms with Crippen LogP contribution in [0, 0.1) is 11.7 Å². The second-order valence-corrected chi connectivity index (χ2v) is 7.03. The number of carbonyl (C=O) groups is 2. The Hall–Kier alpha value is -2.11. The molecule has 5 nitrogen and oxygen atoms in total. The first-order chi connectivity index (χ1) is 11.6. The highest BCUT2D eigenvalue weighted by molar-refractivity contribution is 5.97. The number of amides is 2. The molecule has 0 bridgehead atoms. The van der Waals surface area contributed by atoms with Crippen molar-refractivity contribution in [2.75, 3.05) is 29.9 Å². The average Bonchev–Trinajstić information content (AvgIpc) is 3.09. The van der Waals surface area contributed by atoms with Crippen molar-refractivity contribution in [2.24, 2.45) is 5.92 Å². The minimum atomic E-state index is -0.334. The van der Waals surface area contributed by atoms with Crippen LogP contribution in [-0.4, -0.2) is 42.4 Å². The van der Waals surface area contributed by atoms with Gasteiger partial charge in [-0.3, -0.25) is 9.59 Å². The van der Waals surface area contributed by atoms with Gasteiger partial charge >= 0.3 is 0 Å². The van der Waals surface area contributed by atoms with Crippen molar-refractivity contribution < 1.29 is 14.0 Å². The van der Waals surface area contributed by atoms with Crippen LogP contribution in [0.25, 0.3) is 0 Å². The Morgan fingerprint density at radius 2 is 1.96 bits per heavy atom. The summed E-state index contributed by atoms with van der Waals surface area (Å²) in [5.74, 6) is -0.774. The number of likely N-dealkylation sites (tertiary alicyclic amines) is 1. The highest BCUT2D eigenvalue weighted by Gasteiger charge is 2.41. The van der Waals surface area contributed by atoms with E-state index in [4.69, 9.17) is 0 Å². The highest BCUT2D eigenvalue weighted by Crippen LogP contribution is 2.33. The molecular weight excluding hydrogens is 309 g/mol. The number of rotatable bonds is 4. The number of nitrogens with zero attached hydrogens (tertiary/aromatic N) is 2. The summed E-state index contributed by atoms with van der Waals surface area (Å²) >= 11 is 0. The summed E-state index contributed by atoms with van der Waals surface area (Å²) in [5, 5.41) is 2.77. The van der Waals surface area contributed by atoms with Gasteiger partial charge in [0.05, 0.1) is 11.6 Å². The van der Waals surface area contributed by atoms with E-state index < -0.39 is 0 Å². The van der Waals surface area contributed by atoms with E-state index in [1.165, 1.54) is 6.07 Å². The van der Waals surface area contributed by atoms with E-state index in [2.05, 4.69) is 5.32 Å². The van der Waals surface area contributed by atoms with Gasteiger partial charge in [-0.1, -0.05) is 0 Å². The van der Waals surface area contributed by atoms with E-state index in [0.29, 0.717) is 24.0 Å². The summed E-state index contributed by atoms with van der Waals surface area (Å²) in [5.41, 5.74) is 1.05. The number of benzene rings is 1. The van der Waals surface area contributed by atoms with Crippen LogP contribution in [0.4, 0.5) is 15.8 Å². The van der Waals surface area contributed by atoms with Crippen molar-refractivity contribution in [1.29, 1.82) is 0 Å². The van der Waals surface area contributed by atoms with Crippen molar-refractivity contribution in [3.63, 3.8) is 0 Å². The SMILES string of the molecule is O=C(Nc1ccc(N2CCCC2)c(F)c1)C1CC(=O)N(C2CC2)C1. The van der Waals surface area contributed by atoms with Crippen LogP contribution in [0.1, 0.15) is 32.1 Å². The maximum absolute atomic E-state index is 14.3. The second kappa shape index (κ2) is 6.07. The largest absolute Gasteiger partial charge is 0.369 e. The monoisotopic (exact) mass is 331 g/mol. The molecule has 0 spiro atoms. The van der Waals surface area contributed by atoms with Gasteiger partial charge in [0.1, 0.15) is 5.82 Å². The maximum Gasteiger partial charge on any atom is 0.229 e. The molecule has 2 amide bonds. The zero-order chi connectivity index (χ0) is 16.7. The lowest BCUT2D eigenvalue weighted by molar-refractivity contribution is -0.128. The smallest absolute Gasteiger partial charge is 0.229 e. The summed E-state index contributed by atoms with van der Waals surface area (Å²) in [4.78, 5) is 28.2. The van der Waals surface area contributed by atoms with Crippen LogP contribution in [0.15, 0.2) is 18.2 Å². The number of carbonyl (C=O) groups excluding carboxylic acids is 2. The molecule has 0 aromatic heterocycles. The average molecular weight is 331 g/mol. The van der Waals surface area contributed by atoms with Crippen molar-refractivity contribution >= 4 is 23.2 Å². The highest BCUT2D eigenvalue weighted by atomic mass is 19.1. The molecule has 24 heavy (non-hydrogen) atoms. The Morgan fingerprint density at radius 3 is 2.62 bits per heavy atom. The molecule has 6 heteroatoms. The number of halogens is 1. The first kappa shape index (κ1) is 15.4. The molecule has 1 aliphatic carbocycles. The van der Waals surface area contributed by atoms with Gasteiger partial charge in [-0.15, -0.1) is 0 Å². The summed E-state index contributed by atoms with van der Waals surface area (Å²) in [6.45, 7) is 2.25. The molecule has 1 saturated carbocycles. The fourth-order valence-electron chi connectivity index (χ4n) is 3.69. The first-order valence-electron chi connectivity index (χ1n) is 8.76. The lowest BCUT2D eigenvalue weighted by atomic mass is 10.1. The predicted octanol–water partition coefficient (Wildman–Crippen LogP) is 2.38. The molecule has 3 aliphatic rings. The van der Waals surface area contributed by atoms with E-state index in [-0.39, 0.29) is 30.0 Å². The summed E-state index contributed by atoms with van der Waals surface area (Å²) < 4.78 is 14.3. The predicted molar refractivity (Wildman–Crippen MR) is 89.3 cm³/mol. The van der Waals surface area contributed by atoms with Crippen LogP contribution in [0.2, 0.25) is 0 Å². The molecule has 128 valence electrons. The lowest BCUT2D eigenvalue weighted by Crippen LogP contribution is -2.29. The van der Waals surface area contributed by atoms with Gasteiger partial charge in [-0.25, -0.2) is 4.39 Å². The molecule has 0 radical (unpaired) electrons. The van der Waals surface area contributed by atoms with Gasteiger partial charge in [0.2, 0.25) is 11.8 Å². The Labute approximate surface area is 140 Å². The number of nitrogens with one attached hydrogen (secondary N) is 1. The van der Waals surface area contributed by atoms with E-state index in [9.17, 15) is 14.0 Å². The van der Waals surface area contributed by atoms with E-state index in [0.717, 1.165) is 38.8 Å². The zero-order valence-electron chi connectivity index (χ0n) is 13.6. The molecule has 2 aliphatic heterocycles. The van der Waals surface area contributed by atoms with E-state index in [1.54, 1.807) is 12.1 Å². The molecule has 2 heterocycles. The minimum Gasteiger partial charge on any atom is -0.369 e. The van der Waals surface area contributed by atoms with Crippen LogP contribution in [0.3, 0.4) is 0 Å². The molecule has 1 aromatic rings. The molecule has 4 rings (SSSR count). The van der Waals surface area contributed by atoms with Crippen LogP contribution >= 0.6 is 0 Å². The van der Waals surface area contributed by atoms with Gasteiger partial charge in [-0.05, 0) is 43.9 Å². The molecule has 1 unspecified atom stereocenters. The second-order valence-electron chi connectivity index (χ2n) is 7.03. The molecular formula is C18H22FN3O2. The fourth-order valence-corrected chi connectivity index (χ4v) is 3.69. The zero-order valence-corrected chi connectivity index (χ0v) is 13.6. The summed E-state index contributed by atoms with van der Waals surface area (Å²) in [6, 6.07) is 5.19. The Bertz CT molecular complexity index is 668. The van der Waals surface area contributed by atoms with Gasteiger partial charge in [0.25, 0.3) is 0 Å². The van der Waals surface area contributed by atoms with E-state index in [1.807, 2.05) is 9.80 Å². The Balaban J connectivity index is 1.40. The van der Waals surface area contributed by atoms with Crippen LogP contribution in [-0.2, 0) is 9.59 Å². The first-order valence-corrected chi connectivity index (χ1v) is 8.76. The standard InChI is InChI=1S/C18H22FN3O2/c19-15-10-13(3-6-16(15)21-7-1-2-8-21)20-18(24)12-9-17(23)22(11-12)14-4-5-14/h3,6,10,12,14H,1-2,4-5,7-9,11H2,(H,20,24). The third-order valence-electron chi connectivity index (χ3n) is 5.18. The van der Waals surface area contributed by atoms with Crippen molar-refractivity contribution in [2.45, 2.75) is 38.1 Å². The quantitative estimate of drug-likeness (QED) is 0.922. The Kier molecular flexibility index (Phi) is 3.90. The number of hydrogen-bond acceptors (Lipinski definition) is 3. The van der Waals surface area contributed by atoms with Gasteiger partial charge in [0, 0.05) is 37.8 Å². The molecule has 1 aromatic carbocycles. The van der Waals surface area contributed by atoms with E-state index >= 15 is 0 Å². The molecule has 1 atom stereocenters. The topological polar surface area (TPSA) is 52.7 Å². The van der Waals surface area contributed by atoms with Crippen molar-refractivity contribution in [3.8, 4) is 0 Å². The molecule has 1 N–H and O–H groups in total. The Morgan fingerprint density at radius 1 is 1.21 bits per heavy atom. The fraction of sp³-hybridized carbons (Fsp3) is 0.556. The van der Waals surface area contributed by atoms with Crippen molar-refractivity contribution in [3.05, 3.63) is 24.0 Å². The molecule has 2 saturated heterocycles.